The van der Waals surface area contributed by atoms with Crippen LogP contribution in [0.3, 0.4) is 0 Å². The largest absolute Gasteiger partial charge is 0.496 e. The Morgan fingerprint density at radius 1 is 1.37 bits per heavy atom. The van der Waals surface area contributed by atoms with Crippen molar-refractivity contribution in [3.8, 4) is 5.75 Å². The maximum Gasteiger partial charge on any atom is 0.124 e. The lowest BCUT2D eigenvalue weighted by atomic mass is 10.0. The van der Waals surface area contributed by atoms with Gasteiger partial charge in [-0.2, -0.15) is 0 Å². The highest BCUT2D eigenvalue weighted by Gasteiger charge is 2.18. The van der Waals surface area contributed by atoms with Gasteiger partial charge < -0.3 is 4.74 Å². The van der Waals surface area contributed by atoms with Gasteiger partial charge in [-0.25, -0.2) is 5.43 Å². The minimum Gasteiger partial charge on any atom is -0.496 e. The van der Waals surface area contributed by atoms with E-state index in [1.807, 2.05) is 18.2 Å². The molecule has 1 aromatic carbocycles. The molecule has 1 unspecified atom stereocenters. The van der Waals surface area contributed by atoms with Crippen molar-refractivity contribution in [2.24, 2.45) is 5.84 Å². The van der Waals surface area contributed by atoms with Crippen molar-refractivity contribution in [1.82, 2.24) is 10.4 Å². The zero-order valence-corrected chi connectivity index (χ0v) is 12.6. The van der Waals surface area contributed by atoms with E-state index in [4.69, 9.17) is 22.2 Å². The monoisotopic (exact) mass is 341 g/mol. The Kier molecular flexibility index (Phi) is 4.76. The molecule has 1 atom stereocenters. The average molecular weight is 343 g/mol. The molecule has 100 valence electrons. The number of nitrogens with one attached hydrogen (secondary N) is 1. The van der Waals surface area contributed by atoms with Crippen molar-refractivity contribution in [3.63, 3.8) is 0 Å². The van der Waals surface area contributed by atoms with Gasteiger partial charge in [0.05, 0.1) is 18.8 Å². The van der Waals surface area contributed by atoms with E-state index in [0.717, 1.165) is 15.7 Å². The van der Waals surface area contributed by atoms with E-state index < -0.39 is 0 Å². The molecule has 0 saturated carbocycles. The van der Waals surface area contributed by atoms with Crippen LogP contribution in [0, 0.1) is 0 Å². The van der Waals surface area contributed by atoms with E-state index in [9.17, 15) is 0 Å². The van der Waals surface area contributed by atoms with Gasteiger partial charge >= 0.3 is 0 Å². The molecule has 0 bridgehead atoms. The molecule has 0 aliphatic carbocycles. The first kappa shape index (κ1) is 14.3. The van der Waals surface area contributed by atoms with Gasteiger partial charge in [-0.1, -0.05) is 11.6 Å². The standard InChI is InChI=1S/C13H13BrClN3O/c1-19-12-5-3-9(15)6-10(12)13(18-16)11-4-2-8(14)7-17-11/h2-7,13,18H,16H2,1H3. The van der Waals surface area contributed by atoms with E-state index in [1.165, 1.54) is 0 Å². The van der Waals surface area contributed by atoms with Crippen LogP contribution in [0.4, 0.5) is 0 Å². The SMILES string of the molecule is COc1ccc(Cl)cc1C(NN)c1ccc(Br)cn1. The van der Waals surface area contributed by atoms with Crippen LogP contribution in [0.1, 0.15) is 17.3 Å². The van der Waals surface area contributed by atoms with Gasteiger partial charge in [-0.3, -0.25) is 10.8 Å². The average Bonchev–Trinajstić information content (AvgIpc) is 2.42. The summed E-state index contributed by atoms with van der Waals surface area (Å²) in [5.74, 6) is 6.35. The van der Waals surface area contributed by atoms with Crippen molar-refractivity contribution in [3.05, 3.63) is 57.3 Å². The summed E-state index contributed by atoms with van der Waals surface area (Å²) in [6, 6.07) is 8.89. The van der Waals surface area contributed by atoms with Crippen molar-refractivity contribution in [2.45, 2.75) is 6.04 Å². The minimum absolute atomic E-state index is 0.290. The lowest BCUT2D eigenvalue weighted by Gasteiger charge is -2.19. The van der Waals surface area contributed by atoms with Crippen molar-refractivity contribution >= 4 is 27.5 Å². The van der Waals surface area contributed by atoms with Crippen LogP contribution >= 0.6 is 27.5 Å². The maximum atomic E-state index is 6.04. The smallest absolute Gasteiger partial charge is 0.124 e. The normalized spacial score (nSPS) is 12.2. The quantitative estimate of drug-likeness (QED) is 0.662. The molecule has 0 amide bonds. The zero-order valence-electron chi connectivity index (χ0n) is 10.2. The van der Waals surface area contributed by atoms with Crippen molar-refractivity contribution < 1.29 is 4.74 Å². The molecule has 0 aliphatic rings. The summed E-state index contributed by atoms with van der Waals surface area (Å²) >= 11 is 9.39. The predicted octanol–water partition coefficient (Wildman–Crippen LogP) is 3.06. The third kappa shape index (κ3) is 3.25. The first-order chi connectivity index (χ1) is 9.15. The number of hydrogen-bond donors (Lipinski definition) is 2. The number of nitrogens with two attached hydrogens (primary N) is 1. The Hall–Kier alpha value is -1.14. The fourth-order valence-electron chi connectivity index (χ4n) is 1.82. The molecule has 0 fully saturated rings. The predicted molar refractivity (Wildman–Crippen MR) is 79.1 cm³/mol. The molecule has 2 aromatic rings. The summed E-state index contributed by atoms with van der Waals surface area (Å²) < 4.78 is 6.24. The van der Waals surface area contributed by atoms with Crippen molar-refractivity contribution in [2.75, 3.05) is 7.11 Å². The molecule has 0 radical (unpaired) electrons. The van der Waals surface area contributed by atoms with Crippen molar-refractivity contribution in [1.29, 1.82) is 0 Å². The molecule has 3 N–H and O–H groups in total. The lowest BCUT2D eigenvalue weighted by Crippen LogP contribution is -2.29. The summed E-state index contributed by atoms with van der Waals surface area (Å²) in [5.41, 5.74) is 4.36. The van der Waals surface area contributed by atoms with Crippen LogP contribution in [-0.2, 0) is 0 Å². The summed E-state index contributed by atoms with van der Waals surface area (Å²) in [5, 5.41) is 0.619. The van der Waals surface area contributed by atoms with E-state index in [1.54, 1.807) is 25.4 Å². The number of pyridine rings is 1. The molecule has 1 heterocycles. The molecule has 2 rings (SSSR count). The lowest BCUT2D eigenvalue weighted by molar-refractivity contribution is 0.403. The second-order valence-corrected chi connectivity index (χ2v) is 5.24. The van der Waals surface area contributed by atoms with Crippen LogP contribution < -0.4 is 16.0 Å². The number of ether oxygens (including phenoxy) is 1. The molecule has 0 spiro atoms. The number of benzene rings is 1. The van der Waals surface area contributed by atoms with Gasteiger partial charge in [-0.05, 0) is 46.3 Å². The molecule has 0 aliphatic heterocycles. The number of methoxy groups -OCH3 is 1. The minimum atomic E-state index is -0.290. The van der Waals surface area contributed by atoms with Crippen LogP contribution in [0.25, 0.3) is 0 Å². The summed E-state index contributed by atoms with van der Waals surface area (Å²) in [6.07, 6.45) is 1.72. The zero-order chi connectivity index (χ0) is 13.8. The molecule has 0 saturated heterocycles. The van der Waals surface area contributed by atoms with Gasteiger partial charge in [0.2, 0.25) is 0 Å². The second-order valence-electron chi connectivity index (χ2n) is 3.89. The Morgan fingerprint density at radius 2 is 2.16 bits per heavy atom. The molecule has 4 nitrogen and oxygen atoms in total. The highest BCUT2D eigenvalue weighted by Crippen LogP contribution is 2.31. The summed E-state index contributed by atoms with van der Waals surface area (Å²) in [6.45, 7) is 0. The van der Waals surface area contributed by atoms with Gasteiger partial charge in [0.25, 0.3) is 0 Å². The Bertz CT molecular complexity index is 562. The van der Waals surface area contributed by atoms with E-state index in [2.05, 4.69) is 26.3 Å². The molecule has 19 heavy (non-hydrogen) atoms. The summed E-state index contributed by atoms with van der Waals surface area (Å²) in [7, 11) is 1.61. The second kappa shape index (κ2) is 6.34. The van der Waals surface area contributed by atoms with Gasteiger partial charge in [0.15, 0.2) is 0 Å². The Morgan fingerprint density at radius 3 is 2.74 bits per heavy atom. The summed E-state index contributed by atoms with van der Waals surface area (Å²) in [4.78, 5) is 4.34. The molecular formula is C13H13BrClN3O. The maximum absolute atomic E-state index is 6.04. The third-order valence-electron chi connectivity index (χ3n) is 2.72. The molecule has 6 heteroatoms. The Balaban J connectivity index is 2.47. The van der Waals surface area contributed by atoms with Crippen LogP contribution in [0.2, 0.25) is 5.02 Å². The molecular weight excluding hydrogens is 330 g/mol. The number of nitrogens with zero attached hydrogens (tertiary/aromatic N) is 1. The number of aromatic nitrogens is 1. The van der Waals surface area contributed by atoms with Crippen LogP contribution in [0.15, 0.2) is 41.0 Å². The fraction of sp³-hybridized carbons (Fsp3) is 0.154. The highest BCUT2D eigenvalue weighted by atomic mass is 79.9. The number of rotatable bonds is 4. The van der Waals surface area contributed by atoms with Gasteiger partial charge in [0, 0.05) is 21.3 Å². The van der Waals surface area contributed by atoms with Crippen LogP contribution in [0.5, 0.6) is 5.75 Å². The number of hydrogen-bond acceptors (Lipinski definition) is 4. The number of hydrazine groups is 1. The van der Waals surface area contributed by atoms with Gasteiger partial charge in [-0.15, -0.1) is 0 Å². The Labute approximate surface area is 125 Å². The van der Waals surface area contributed by atoms with Gasteiger partial charge in [0.1, 0.15) is 5.75 Å². The van der Waals surface area contributed by atoms with E-state index >= 15 is 0 Å². The van der Waals surface area contributed by atoms with Crippen LogP contribution in [-0.4, -0.2) is 12.1 Å². The van der Waals surface area contributed by atoms with E-state index in [-0.39, 0.29) is 6.04 Å². The topological polar surface area (TPSA) is 60.2 Å². The highest BCUT2D eigenvalue weighted by molar-refractivity contribution is 9.10. The first-order valence-corrected chi connectivity index (χ1v) is 6.74. The first-order valence-electron chi connectivity index (χ1n) is 5.56. The fourth-order valence-corrected chi connectivity index (χ4v) is 2.24. The number of halogens is 2. The third-order valence-corrected chi connectivity index (χ3v) is 3.42. The van der Waals surface area contributed by atoms with E-state index in [0.29, 0.717) is 10.8 Å². The molecule has 1 aromatic heterocycles.